The number of hydrogen-bond acceptors (Lipinski definition) is 1. The summed E-state index contributed by atoms with van der Waals surface area (Å²) < 4.78 is 0. The minimum absolute atomic E-state index is 0.0820. The van der Waals surface area contributed by atoms with E-state index in [0.717, 1.165) is 10.6 Å². The van der Waals surface area contributed by atoms with Crippen LogP contribution >= 0.6 is 11.6 Å². The first-order valence-corrected chi connectivity index (χ1v) is 6.30. The van der Waals surface area contributed by atoms with Crippen LogP contribution in [0.5, 0.6) is 0 Å². The average molecular weight is 254 g/mol. The molecule has 0 spiro atoms. The molecule has 1 amide bonds. The summed E-state index contributed by atoms with van der Waals surface area (Å²) in [6, 6.07) is 7.72. The molecule has 17 heavy (non-hydrogen) atoms. The molecule has 1 rings (SSSR count). The summed E-state index contributed by atoms with van der Waals surface area (Å²) >= 11 is 5.85. The van der Waals surface area contributed by atoms with E-state index in [0.29, 0.717) is 12.3 Å². The van der Waals surface area contributed by atoms with Crippen LogP contribution in [-0.2, 0) is 4.79 Å². The SMILES string of the molecule is CC(C)CC(=O)N(C)C(C)c1ccc(Cl)cc1. The van der Waals surface area contributed by atoms with E-state index in [9.17, 15) is 4.79 Å². The first-order chi connectivity index (χ1) is 7.91. The number of rotatable bonds is 4. The van der Waals surface area contributed by atoms with Gasteiger partial charge < -0.3 is 4.90 Å². The molecule has 0 aliphatic rings. The fraction of sp³-hybridized carbons (Fsp3) is 0.500. The van der Waals surface area contributed by atoms with Crippen molar-refractivity contribution in [3.8, 4) is 0 Å². The van der Waals surface area contributed by atoms with Gasteiger partial charge in [-0.3, -0.25) is 4.79 Å². The molecule has 0 heterocycles. The molecule has 2 nitrogen and oxygen atoms in total. The molecular weight excluding hydrogens is 234 g/mol. The van der Waals surface area contributed by atoms with Crippen LogP contribution < -0.4 is 0 Å². The van der Waals surface area contributed by atoms with Crippen molar-refractivity contribution in [2.24, 2.45) is 5.92 Å². The molecule has 0 aromatic heterocycles. The molecule has 0 saturated heterocycles. The van der Waals surface area contributed by atoms with Crippen molar-refractivity contribution in [1.29, 1.82) is 0 Å². The maximum Gasteiger partial charge on any atom is 0.223 e. The van der Waals surface area contributed by atoms with Crippen LogP contribution in [0, 0.1) is 5.92 Å². The largest absolute Gasteiger partial charge is 0.339 e. The summed E-state index contributed by atoms with van der Waals surface area (Å²) in [5, 5.41) is 0.720. The summed E-state index contributed by atoms with van der Waals surface area (Å²) in [4.78, 5) is 13.7. The molecule has 94 valence electrons. The van der Waals surface area contributed by atoms with Crippen molar-refractivity contribution in [2.75, 3.05) is 7.05 Å². The molecule has 0 saturated carbocycles. The number of carbonyl (C=O) groups is 1. The highest BCUT2D eigenvalue weighted by atomic mass is 35.5. The van der Waals surface area contributed by atoms with Crippen LogP contribution in [0.2, 0.25) is 5.02 Å². The van der Waals surface area contributed by atoms with Gasteiger partial charge in [0.1, 0.15) is 0 Å². The summed E-state index contributed by atoms with van der Waals surface area (Å²) in [5.41, 5.74) is 1.11. The molecule has 1 aromatic rings. The van der Waals surface area contributed by atoms with Crippen molar-refractivity contribution in [3.05, 3.63) is 34.9 Å². The molecule has 0 radical (unpaired) electrons. The number of nitrogens with zero attached hydrogens (tertiary/aromatic N) is 1. The van der Waals surface area contributed by atoms with Gasteiger partial charge in [0.2, 0.25) is 5.91 Å². The Morgan fingerprint density at radius 1 is 1.24 bits per heavy atom. The highest BCUT2D eigenvalue weighted by Gasteiger charge is 2.17. The third-order valence-electron chi connectivity index (χ3n) is 2.91. The maximum atomic E-state index is 11.9. The number of hydrogen-bond donors (Lipinski definition) is 0. The molecule has 1 aromatic carbocycles. The molecule has 1 atom stereocenters. The fourth-order valence-electron chi connectivity index (χ4n) is 1.67. The highest BCUT2D eigenvalue weighted by molar-refractivity contribution is 6.30. The maximum absolute atomic E-state index is 11.9. The Labute approximate surface area is 109 Å². The molecular formula is C14H20ClNO. The Kier molecular flexibility index (Phi) is 5.01. The Bertz CT molecular complexity index is 372. The van der Waals surface area contributed by atoms with Gasteiger partial charge in [-0.15, -0.1) is 0 Å². The Hall–Kier alpha value is -1.02. The van der Waals surface area contributed by atoms with E-state index < -0.39 is 0 Å². The summed E-state index contributed by atoms with van der Waals surface area (Å²) in [6.07, 6.45) is 0.592. The van der Waals surface area contributed by atoms with Gasteiger partial charge in [-0.25, -0.2) is 0 Å². The van der Waals surface area contributed by atoms with Crippen molar-refractivity contribution in [2.45, 2.75) is 33.2 Å². The second-order valence-corrected chi connectivity index (χ2v) is 5.27. The predicted molar refractivity (Wildman–Crippen MR) is 72.1 cm³/mol. The summed E-state index contributed by atoms with van der Waals surface area (Å²) in [6.45, 7) is 6.14. The quantitative estimate of drug-likeness (QED) is 0.797. The van der Waals surface area contributed by atoms with Crippen LogP contribution in [0.15, 0.2) is 24.3 Å². The average Bonchev–Trinajstić information content (AvgIpc) is 2.27. The molecule has 1 unspecified atom stereocenters. The second-order valence-electron chi connectivity index (χ2n) is 4.83. The standard InChI is InChI=1S/C14H20ClNO/c1-10(2)9-14(17)16(4)11(3)12-5-7-13(15)8-6-12/h5-8,10-11H,9H2,1-4H3. The highest BCUT2D eigenvalue weighted by Crippen LogP contribution is 2.21. The van der Waals surface area contributed by atoms with Crippen molar-refractivity contribution in [1.82, 2.24) is 4.90 Å². The van der Waals surface area contributed by atoms with Gasteiger partial charge in [0, 0.05) is 18.5 Å². The third-order valence-corrected chi connectivity index (χ3v) is 3.16. The third kappa shape index (κ3) is 4.04. The van der Waals surface area contributed by atoms with Crippen molar-refractivity contribution < 1.29 is 4.79 Å². The van der Waals surface area contributed by atoms with E-state index in [1.54, 1.807) is 4.90 Å². The normalized spacial score (nSPS) is 12.6. The van der Waals surface area contributed by atoms with E-state index >= 15 is 0 Å². The Morgan fingerprint density at radius 2 is 1.76 bits per heavy atom. The van der Waals surface area contributed by atoms with Crippen molar-refractivity contribution >= 4 is 17.5 Å². The van der Waals surface area contributed by atoms with Gasteiger partial charge in [0.15, 0.2) is 0 Å². The van der Waals surface area contributed by atoms with Gasteiger partial charge in [-0.1, -0.05) is 37.6 Å². The lowest BCUT2D eigenvalue weighted by Crippen LogP contribution is -2.30. The first-order valence-electron chi connectivity index (χ1n) is 5.93. The van der Waals surface area contributed by atoms with Gasteiger partial charge in [-0.2, -0.15) is 0 Å². The van der Waals surface area contributed by atoms with E-state index in [1.165, 1.54) is 0 Å². The van der Waals surface area contributed by atoms with Crippen LogP contribution in [0.25, 0.3) is 0 Å². The van der Waals surface area contributed by atoms with Gasteiger partial charge in [-0.05, 0) is 30.5 Å². The first kappa shape index (κ1) is 14.0. The lowest BCUT2D eigenvalue weighted by Gasteiger charge is -2.26. The van der Waals surface area contributed by atoms with E-state index in [2.05, 4.69) is 13.8 Å². The number of benzene rings is 1. The Morgan fingerprint density at radius 3 is 2.24 bits per heavy atom. The topological polar surface area (TPSA) is 20.3 Å². The minimum Gasteiger partial charge on any atom is -0.339 e. The monoisotopic (exact) mass is 253 g/mol. The van der Waals surface area contributed by atoms with E-state index in [-0.39, 0.29) is 11.9 Å². The zero-order chi connectivity index (χ0) is 13.0. The number of carbonyl (C=O) groups excluding carboxylic acids is 1. The molecule has 0 aliphatic carbocycles. The smallest absolute Gasteiger partial charge is 0.223 e. The van der Waals surface area contributed by atoms with Gasteiger partial charge in [0.25, 0.3) is 0 Å². The van der Waals surface area contributed by atoms with Crippen LogP contribution in [0.3, 0.4) is 0 Å². The van der Waals surface area contributed by atoms with Crippen LogP contribution in [-0.4, -0.2) is 17.9 Å². The minimum atomic E-state index is 0.0820. The van der Waals surface area contributed by atoms with Gasteiger partial charge in [0.05, 0.1) is 6.04 Å². The second kappa shape index (κ2) is 6.06. The van der Waals surface area contributed by atoms with Crippen LogP contribution in [0.1, 0.15) is 38.8 Å². The number of amides is 1. The molecule has 0 fully saturated rings. The van der Waals surface area contributed by atoms with Crippen LogP contribution in [0.4, 0.5) is 0 Å². The molecule has 0 N–H and O–H groups in total. The summed E-state index contributed by atoms with van der Waals surface area (Å²) in [7, 11) is 1.85. The van der Waals surface area contributed by atoms with Crippen molar-refractivity contribution in [3.63, 3.8) is 0 Å². The fourth-order valence-corrected chi connectivity index (χ4v) is 1.80. The molecule has 0 bridgehead atoms. The predicted octanol–water partition coefficient (Wildman–Crippen LogP) is 3.91. The molecule has 3 heteroatoms. The number of halogens is 1. The Balaban J connectivity index is 2.72. The van der Waals surface area contributed by atoms with E-state index in [1.807, 2.05) is 38.2 Å². The summed E-state index contributed by atoms with van der Waals surface area (Å²) in [5.74, 6) is 0.574. The van der Waals surface area contributed by atoms with Gasteiger partial charge >= 0.3 is 0 Å². The molecule has 0 aliphatic heterocycles. The van der Waals surface area contributed by atoms with E-state index in [4.69, 9.17) is 11.6 Å². The zero-order valence-corrected chi connectivity index (χ0v) is 11.7. The zero-order valence-electron chi connectivity index (χ0n) is 10.9. The lowest BCUT2D eigenvalue weighted by molar-refractivity contribution is -0.132. The lowest BCUT2D eigenvalue weighted by atomic mass is 10.1.